The molecule has 0 aliphatic carbocycles. The number of hydrogen-bond donors (Lipinski definition) is 3. The molecule has 0 spiro atoms. The summed E-state index contributed by atoms with van der Waals surface area (Å²) in [6, 6.07) is 6.38. The number of carbonyl (C=O) groups excluding carboxylic acids is 2. The number of halogens is 1. The second-order valence-corrected chi connectivity index (χ2v) is 6.75. The van der Waals surface area contributed by atoms with E-state index in [-0.39, 0.29) is 42.2 Å². The summed E-state index contributed by atoms with van der Waals surface area (Å²) in [6.07, 6.45) is 0.913. The Labute approximate surface area is 161 Å². The van der Waals surface area contributed by atoms with Crippen molar-refractivity contribution >= 4 is 23.4 Å². The minimum atomic E-state index is -0.788. The SMILES string of the molecule is CCc1ccc(CN2C(=O)C(CCl)NC(=O)C2Cc2ccc(O)c(O)c2)o1. The first-order chi connectivity index (χ1) is 12.9. The van der Waals surface area contributed by atoms with Gasteiger partial charge in [0.25, 0.3) is 0 Å². The van der Waals surface area contributed by atoms with Gasteiger partial charge in [0.2, 0.25) is 11.8 Å². The van der Waals surface area contributed by atoms with Crippen LogP contribution in [0.1, 0.15) is 24.0 Å². The first-order valence-corrected chi connectivity index (χ1v) is 9.21. The maximum atomic E-state index is 12.8. The van der Waals surface area contributed by atoms with Crippen LogP contribution in [0.3, 0.4) is 0 Å². The van der Waals surface area contributed by atoms with E-state index in [4.69, 9.17) is 16.0 Å². The lowest BCUT2D eigenvalue weighted by Crippen LogP contribution is -2.64. The Kier molecular flexibility index (Phi) is 5.60. The molecule has 2 heterocycles. The molecule has 1 saturated heterocycles. The molecule has 1 aromatic heterocycles. The normalized spacial score (nSPS) is 20.0. The molecule has 1 aromatic carbocycles. The lowest BCUT2D eigenvalue weighted by molar-refractivity contribution is -0.149. The standard InChI is InChI=1S/C19H21ClN2O5/c1-2-12-4-5-13(27-12)10-22-15(18(25)21-14(9-20)19(22)26)7-11-3-6-16(23)17(24)8-11/h3-6,8,14-15,23-24H,2,7,9-10H2,1H3,(H,21,25). The number of aryl methyl sites for hydroxylation is 1. The predicted molar refractivity (Wildman–Crippen MR) is 98.6 cm³/mol. The maximum absolute atomic E-state index is 12.8. The summed E-state index contributed by atoms with van der Waals surface area (Å²) in [6.45, 7) is 2.11. The summed E-state index contributed by atoms with van der Waals surface area (Å²) in [5, 5.41) is 21.8. The van der Waals surface area contributed by atoms with Crippen LogP contribution in [0.25, 0.3) is 0 Å². The smallest absolute Gasteiger partial charge is 0.247 e. The average Bonchev–Trinajstić information content (AvgIpc) is 3.11. The number of benzene rings is 1. The molecule has 8 heteroatoms. The summed E-state index contributed by atoms with van der Waals surface area (Å²) in [5.41, 5.74) is 0.612. The van der Waals surface area contributed by atoms with Crippen molar-refractivity contribution in [3.8, 4) is 11.5 Å². The number of rotatable bonds is 6. The maximum Gasteiger partial charge on any atom is 0.247 e. The molecular weight excluding hydrogens is 372 g/mol. The monoisotopic (exact) mass is 392 g/mol. The van der Waals surface area contributed by atoms with Gasteiger partial charge in [0, 0.05) is 12.8 Å². The Balaban J connectivity index is 1.87. The highest BCUT2D eigenvalue weighted by atomic mass is 35.5. The van der Waals surface area contributed by atoms with Crippen molar-refractivity contribution in [2.45, 2.75) is 38.4 Å². The van der Waals surface area contributed by atoms with Crippen LogP contribution in [0.4, 0.5) is 0 Å². The molecule has 1 aliphatic rings. The van der Waals surface area contributed by atoms with Gasteiger partial charge in [-0.2, -0.15) is 0 Å². The van der Waals surface area contributed by atoms with Crippen LogP contribution in [-0.2, 0) is 29.0 Å². The van der Waals surface area contributed by atoms with Crippen molar-refractivity contribution in [3.63, 3.8) is 0 Å². The molecule has 2 aromatic rings. The fourth-order valence-electron chi connectivity index (χ4n) is 3.10. The summed E-state index contributed by atoms with van der Waals surface area (Å²) in [5.74, 6) is 0.229. The quantitative estimate of drug-likeness (QED) is 0.515. The van der Waals surface area contributed by atoms with Crippen LogP contribution < -0.4 is 5.32 Å². The molecular formula is C19H21ClN2O5. The first-order valence-electron chi connectivity index (χ1n) is 8.68. The molecule has 2 unspecified atom stereocenters. The molecule has 7 nitrogen and oxygen atoms in total. The van der Waals surface area contributed by atoms with Gasteiger partial charge < -0.3 is 24.8 Å². The highest BCUT2D eigenvalue weighted by molar-refractivity contribution is 6.20. The lowest BCUT2D eigenvalue weighted by atomic mass is 9.99. The fourth-order valence-corrected chi connectivity index (χ4v) is 3.31. The minimum absolute atomic E-state index is 0.0217. The molecule has 0 radical (unpaired) electrons. The number of phenols is 2. The topological polar surface area (TPSA) is 103 Å². The van der Waals surface area contributed by atoms with E-state index in [0.717, 1.165) is 12.2 Å². The number of aromatic hydroxyl groups is 2. The van der Waals surface area contributed by atoms with Crippen LogP contribution in [0.5, 0.6) is 11.5 Å². The Morgan fingerprint density at radius 1 is 1.15 bits per heavy atom. The van der Waals surface area contributed by atoms with Crippen LogP contribution >= 0.6 is 11.6 Å². The van der Waals surface area contributed by atoms with Crippen molar-refractivity contribution in [3.05, 3.63) is 47.4 Å². The zero-order valence-corrected chi connectivity index (χ0v) is 15.6. The van der Waals surface area contributed by atoms with Gasteiger partial charge in [-0.1, -0.05) is 13.0 Å². The lowest BCUT2D eigenvalue weighted by Gasteiger charge is -2.38. The first kappa shape index (κ1) is 19.1. The molecule has 144 valence electrons. The second-order valence-electron chi connectivity index (χ2n) is 6.45. The van der Waals surface area contributed by atoms with Crippen molar-refractivity contribution < 1.29 is 24.2 Å². The second kappa shape index (κ2) is 7.92. The minimum Gasteiger partial charge on any atom is -0.504 e. The van der Waals surface area contributed by atoms with Crippen LogP contribution in [0.15, 0.2) is 34.7 Å². The Hall–Kier alpha value is -2.67. The zero-order valence-electron chi connectivity index (χ0n) is 14.8. The van der Waals surface area contributed by atoms with Crippen molar-refractivity contribution in [1.82, 2.24) is 10.2 Å². The third kappa shape index (κ3) is 4.03. The summed E-state index contributed by atoms with van der Waals surface area (Å²) < 4.78 is 5.69. The number of amides is 2. The summed E-state index contributed by atoms with van der Waals surface area (Å²) >= 11 is 5.83. The number of piperazine rings is 1. The largest absolute Gasteiger partial charge is 0.504 e. The number of carbonyl (C=O) groups is 2. The summed E-state index contributed by atoms with van der Waals surface area (Å²) in [4.78, 5) is 26.9. The van der Waals surface area contributed by atoms with Gasteiger partial charge in [0.05, 0.1) is 12.4 Å². The highest BCUT2D eigenvalue weighted by Crippen LogP contribution is 2.27. The number of furan rings is 1. The zero-order chi connectivity index (χ0) is 19.6. The molecule has 27 heavy (non-hydrogen) atoms. The van der Waals surface area contributed by atoms with E-state index < -0.39 is 12.1 Å². The van der Waals surface area contributed by atoms with Crippen molar-refractivity contribution in [1.29, 1.82) is 0 Å². The molecule has 3 rings (SSSR count). The van der Waals surface area contributed by atoms with E-state index in [2.05, 4.69) is 5.32 Å². The van der Waals surface area contributed by atoms with Gasteiger partial charge in [-0.05, 0) is 29.8 Å². The molecule has 3 N–H and O–H groups in total. The average molecular weight is 393 g/mol. The van der Waals surface area contributed by atoms with Crippen LogP contribution in [0, 0.1) is 0 Å². The van der Waals surface area contributed by atoms with E-state index in [1.165, 1.54) is 17.0 Å². The van der Waals surface area contributed by atoms with Gasteiger partial charge in [0.15, 0.2) is 11.5 Å². The van der Waals surface area contributed by atoms with Crippen molar-refractivity contribution in [2.75, 3.05) is 5.88 Å². The van der Waals surface area contributed by atoms with E-state index in [0.29, 0.717) is 11.3 Å². The Morgan fingerprint density at radius 3 is 2.52 bits per heavy atom. The van der Waals surface area contributed by atoms with Gasteiger partial charge in [-0.15, -0.1) is 11.6 Å². The van der Waals surface area contributed by atoms with Gasteiger partial charge in [0.1, 0.15) is 23.6 Å². The van der Waals surface area contributed by atoms with E-state index in [1.807, 2.05) is 13.0 Å². The van der Waals surface area contributed by atoms with E-state index in [1.54, 1.807) is 12.1 Å². The number of hydrogen-bond acceptors (Lipinski definition) is 5. The molecule has 1 fully saturated rings. The number of nitrogens with zero attached hydrogens (tertiary/aromatic N) is 1. The van der Waals surface area contributed by atoms with Crippen LogP contribution in [0.2, 0.25) is 0 Å². The molecule has 1 aliphatic heterocycles. The van der Waals surface area contributed by atoms with Crippen LogP contribution in [-0.4, -0.2) is 44.9 Å². The molecule has 0 bridgehead atoms. The third-order valence-corrected chi connectivity index (χ3v) is 4.90. The molecule has 2 amide bonds. The van der Waals surface area contributed by atoms with E-state index in [9.17, 15) is 19.8 Å². The number of alkyl halides is 1. The van der Waals surface area contributed by atoms with Crippen molar-refractivity contribution in [2.24, 2.45) is 0 Å². The highest BCUT2D eigenvalue weighted by Gasteiger charge is 2.40. The van der Waals surface area contributed by atoms with Gasteiger partial charge in [-0.3, -0.25) is 9.59 Å². The fraction of sp³-hybridized carbons (Fsp3) is 0.368. The number of nitrogens with one attached hydrogen (secondary N) is 1. The number of phenolic OH excluding ortho intramolecular Hbond substituents is 2. The predicted octanol–water partition coefficient (Wildman–Crippen LogP) is 1.93. The Bertz CT molecular complexity index is 850. The molecule has 0 saturated carbocycles. The van der Waals surface area contributed by atoms with Gasteiger partial charge >= 0.3 is 0 Å². The van der Waals surface area contributed by atoms with E-state index >= 15 is 0 Å². The Morgan fingerprint density at radius 2 is 1.89 bits per heavy atom. The molecule has 2 atom stereocenters. The van der Waals surface area contributed by atoms with Gasteiger partial charge in [-0.25, -0.2) is 0 Å². The summed E-state index contributed by atoms with van der Waals surface area (Å²) in [7, 11) is 0. The third-order valence-electron chi connectivity index (χ3n) is 4.59.